The number of benzene rings is 2. The number of carboxylic acid groups (broad SMARTS) is 1. The van der Waals surface area contributed by atoms with E-state index in [1.807, 2.05) is 56.0 Å². The number of carbonyl (C=O) groups is 3. The van der Waals surface area contributed by atoms with E-state index in [0.29, 0.717) is 5.56 Å². The van der Waals surface area contributed by atoms with Gasteiger partial charge in [-0.25, -0.2) is 9.59 Å². The van der Waals surface area contributed by atoms with Crippen LogP contribution in [0, 0.1) is 0 Å². The van der Waals surface area contributed by atoms with Crippen LogP contribution < -0.4 is 10.6 Å². The van der Waals surface area contributed by atoms with Crippen molar-refractivity contribution >= 4 is 18.0 Å². The lowest BCUT2D eigenvalue weighted by Gasteiger charge is -2.30. The molecule has 4 rings (SSSR count). The number of nitrogens with one attached hydrogen (secondary N) is 2. The first-order chi connectivity index (χ1) is 17.2. The topological polar surface area (TPSA) is 111 Å². The van der Waals surface area contributed by atoms with Crippen LogP contribution >= 0.6 is 0 Å². The minimum atomic E-state index is -0.879. The Balaban J connectivity index is 0.000000195. The highest BCUT2D eigenvalue weighted by molar-refractivity contribution is 5.94. The molecule has 0 unspecified atom stereocenters. The summed E-state index contributed by atoms with van der Waals surface area (Å²) in [5.74, 6) is -0.734. The maximum Gasteiger partial charge on any atom is 0.410 e. The van der Waals surface area contributed by atoms with Gasteiger partial charge in [-0.15, -0.1) is 0 Å². The molecule has 0 radical (unpaired) electrons. The molecule has 9 nitrogen and oxygen atoms in total. The van der Waals surface area contributed by atoms with Crippen molar-refractivity contribution in [1.82, 2.24) is 20.4 Å². The predicted molar refractivity (Wildman–Crippen MR) is 139 cm³/mol. The van der Waals surface area contributed by atoms with Gasteiger partial charge in [0.15, 0.2) is 0 Å². The van der Waals surface area contributed by atoms with Gasteiger partial charge in [0, 0.05) is 57.9 Å². The van der Waals surface area contributed by atoms with Crippen molar-refractivity contribution in [2.75, 3.05) is 52.4 Å². The van der Waals surface area contributed by atoms with E-state index in [4.69, 9.17) is 9.84 Å². The van der Waals surface area contributed by atoms with Gasteiger partial charge in [-0.3, -0.25) is 4.79 Å². The summed E-state index contributed by atoms with van der Waals surface area (Å²) in [6.07, 6.45) is -0.200. The van der Waals surface area contributed by atoms with Crippen molar-refractivity contribution in [3.8, 4) is 0 Å². The Bertz CT molecular complexity index is 936. The van der Waals surface area contributed by atoms with Crippen LogP contribution in [0.3, 0.4) is 0 Å². The molecule has 0 atom stereocenters. The third-order valence-corrected chi connectivity index (χ3v) is 5.21. The molecule has 0 aromatic heterocycles. The fraction of sp³-hybridized carbons (Fsp3) is 0.444. The number of piperazine rings is 2. The Morgan fingerprint density at radius 3 is 1.53 bits per heavy atom. The Labute approximate surface area is 213 Å². The van der Waals surface area contributed by atoms with E-state index < -0.39 is 5.97 Å². The van der Waals surface area contributed by atoms with Crippen LogP contribution in [0.1, 0.15) is 41.5 Å². The second-order valence-electron chi connectivity index (χ2n) is 9.30. The summed E-state index contributed by atoms with van der Waals surface area (Å²) >= 11 is 0. The zero-order chi connectivity index (χ0) is 26.4. The molecule has 2 aromatic carbocycles. The molecule has 9 heteroatoms. The molecule has 0 spiro atoms. The number of hydrogen-bond acceptors (Lipinski definition) is 6. The Kier molecular flexibility index (Phi) is 11.9. The highest BCUT2D eigenvalue weighted by Crippen LogP contribution is 2.10. The number of amides is 2. The molecule has 2 fully saturated rings. The van der Waals surface area contributed by atoms with Crippen molar-refractivity contribution in [1.29, 1.82) is 0 Å². The second kappa shape index (κ2) is 14.9. The molecule has 0 saturated carbocycles. The third-order valence-electron chi connectivity index (χ3n) is 5.21. The number of ether oxygens (including phenoxy) is 1. The number of hydrogen-bond donors (Lipinski definition) is 3. The smallest absolute Gasteiger partial charge is 0.410 e. The van der Waals surface area contributed by atoms with Crippen molar-refractivity contribution in [3.63, 3.8) is 0 Å². The van der Waals surface area contributed by atoms with Gasteiger partial charge in [-0.05, 0) is 45.0 Å². The summed E-state index contributed by atoms with van der Waals surface area (Å²) in [6.45, 7) is 12.3. The summed E-state index contributed by atoms with van der Waals surface area (Å²) in [7, 11) is 0. The first-order valence-electron chi connectivity index (χ1n) is 12.2. The first kappa shape index (κ1) is 28.8. The summed E-state index contributed by atoms with van der Waals surface area (Å²) < 4.78 is 5.24. The summed E-state index contributed by atoms with van der Waals surface area (Å²) in [5.41, 5.74) is 0.731. The molecule has 196 valence electrons. The molecule has 2 aromatic rings. The zero-order valence-electron chi connectivity index (χ0n) is 21.4. The van der Waals surface area contributed by atoms with Crippen LogP contribution in [-0.4, -0.2) is 90.8 Å². The Hall–Kier alpha value is -3.43. The number of carboxylic acids is 1. The van der Waals surface area contributed by atoms with Crippen LogP contribution in [-0.2, 0) is 4.74 Å². The molecule has 36 heavy (non-hydrogen) atoms. The molecule has 0 aliphatic carbocycles. The van der Waals surface area contributed by atoms with E-state index in [1.165, 1.54) is 0 Å². The van der Waals surface area contributed by atoms with Gasteiger partial charge in [0.2, 0.25) is 0 Å². The molecular weight excluding hydrogens is 460 g/mol. The van der Waals surface area contributed by atoms with Crippen LogP contribution in [0.2, 0.25) is 0 Å². The first-order valence-corrected chi connectivity index (χ1v) is 12.2. The molecule has 2 saturated heterocycles. The summed E-state index contributed by atoms with van der Waals surface area (Å²) in [4.78, 5) is 37.2. The van der Waals surface area contributed by atoms with E-state index in [-0.39, 0.29) is 17.6 Å². The van der Waals surface area contributed by atoms with Crippen LogP contribution in [0.25, 0.3) is 0 Å². The average Bonchev–Trinajstić information content (AvgIpc) is 2.90. The molecule has 0 bridgehead atoms. The molecule has 3 N–H and O–H groups in total. The van der Waals surface area contributed by atoms with Crippen molar-refractivity contribution < 1.29 is 24.2 Å². The van der Waals surface area contributed by atoms with Crippen molar-refractivity contribution in [2.24, 2.45) is 0 Å². The molecular formula is C27H38N4O5. The van der Waals surface area contributed by atoms with Crippen molar-refractivity contribution in [2.45, 2.75) is 26.4 Å². The minimum absolute atomic E-state index is 0.145. The van der Waals surface area contributed by atoms with Gasteiger partial charge in [0.1, 0.15) is 5.60 Å². The lowest BCUT2D eigenvalue weighted by molar-refractivity contribution is 0.0228. The van der Waals surface area contributed by atoms with Crippen molar-refractivity contribution in [3.05, 3.63) is 71.8 Å². The highest BCUT2D eigenvalue weighted by Gasteiger charge is 2.22. The lowest BCUT2D eigenvalue weighted by Crippen LogP contribution is -2.48. The standard InChI is InChI=1S/C11H14N2O.C9H18N2O2.C7H6O2/c14-11(10-4-2-1-3-5-10)13-8-6-12-7-9-13;1-9(2,3)13-8(12)11-6-4-10-5-7-11;8-7(9)6-4-2-1-3-5-6/h1-5,12H,6-9H2;10H,4-7H2,1-3H3;1-5H,(H,8,9). The van der Waals surface area contributed by atoms with Crippen LogP contribution in [0.15, 0.2) is 60.7 Å². The van der Waals surface area contributed by atoms with Gasteiger partial charge in [-0.2, -0.15) is 0 Å². The minimum Gasteiger partial charge on any atom is -0.478 e. The molecule has 2 heterocycles. The monoisotopic (exact) mass is 498 g/mol. The maximum absolute atomic E-state index is 11.9. The van der Waals surface area contributed by atoms with Gasteiger partial charge < -0.3 is 30.3 Å². The van der Waals surface area contributed by atoms with Crippen LogP contribution in [0.4, 0.5) is 4.79 Å². The van der Waals surface area contributed by atoms with Gasteiger partial charge >= 0.3 is 12.1 Å². The largest absolute Gasteiger partial charge is 0.478 e. The third kappa shape index (κ3) is 10.9. The SMILES string of the molecule is CC(C)(C)OC(=O)N1CCNCC1.O=C(O)c1ccccc1.O=C(c1ccccc1)N1CCNCC1. The van der Waals surface area contributed by atoms with E-state index in [9.17, 15) is 14.4 Å². The Morgan fingerprint density at radius 1 is 0.722 bits per heavy atom. The van der Waals surface area contributed by atoms with Gasteiger partial charge in [-0.1, -0.05) is 36.4 Å². The second-order valence-corrected chi connectivity index (χ2v) is 9.30. The zero-order valence-corrected chi connectivity index (χ0v) is 21.4. The molecule has 2 aliphatic heterocycles. The normalized spacial score (nSPS) is 15.4. The van der Waals surface area contributed by atoms with E-state index >= 15 is 0 Å². The Morgan fingerprint density at radius 2 is 1.14 bits per heavy atom. The number of aromatic carboxylic acids is 1. The molecule has 2 aliphatic rings. The van der Waals surface area contributed by atoms with E-state index in [2.05, 4.69) is 10.6 Å². The predicted octanol–water partition coefficient (Wildman–Crippen LogP) is 2.94. The molecule has 2 amide bonds. The number of rotatable bonds is 2. The van der Waals surface area contributed by atoms with E-state index in [0.717, 1.165) is 57.9 Å². The summed E-state index contributed by atoms with van der Waals surface area (Å²) in [5, 5.41) is 14.8. The number of carbonyl (C=O) groups excluding carboxylic acids is 2. The highest BCUT2D eigenvalue weighted by atomic mass is 16.6. The fourth-order valence-corrected chi connectivity index (χ4v) is 3.39. The fourth-order valence-electron chi connectivity index (χ4n) is 3.39. The van der Waals surface area contributed by atoms with Crippen LogP contribution in [0.5, 0.6) is 0 Å². The van der Waals surface area contributed by atoms with Gasteiger partial charge in [0.25, 0.3) is 5.91 Å². The summed E-state index contributed by atoms with van der Waals surface area (Å²) in [6, 6.07) is 17.7. The quantitative estimate of drug-likeness (QED) is 0.584. The van der Waals surface area contributed by atoms with E-state index in [1.54, 1.807) is 35.2 Å². The average molecular weight is 499 g/mol. The maximum atomic E-state index is 11.9. The number of nitrogens with zero attached hydrogens (tertiary/aromatic N) is 2. The lowest BCUT2D eigenvalue weighted by atomic mass is 10.2. The van der Waals surface area contributed by atoms with Gasteiger partial charge in [0.05, 0.1) is 5.56 Å².